The first-order chi connectivity index (χ1) is 11.5. The van der Waals surface area contributed by atoms with Crippen molar-refractivity contribution in [3.05, 3.63) is 58.3 Å². The molecule has 0 aliphatic carbocycles. The van der Waals surface area contributed by atoms with Crippen molar-refractivity contribution in [1.29, 1.82) is 0 Å². The zero-order valence-electron chi connectivity index (χ0n) is 12.1. The smallest absolute Gasteiger partial charge is 0.335 e. The van der Waals surface area contributed by atoms with E-state index in [2.05, 4.69) is 4.98 Å². The topological polar surface area (TPSA) is 106 Å². The minimum absolute atomic E-state index is 0.170. The standard InChI is InChI=1S/C17H10N2O4S/c18-17-19-10-5-6-12-14(15(10)24-17)11(20)7-13(23-12)8-1-3-9(4-2-8)16(21)22/h1-7H,(H2,18,19)(H,21,22). The molecule has 4 rings (SSSR count). The van der Waals surface area contributed by atoms with Gasteiger partial charge in [-0.15, -0.1) is 0 Å². The lowest BCUT2D eigenvalue weighted by Gasteiger charge is -2.04. The molecule has 7 heteroatoms. The van der Waals surface area contributed by atoms with Crippen LogP contribution >= 0.6 is 11.3 Å². The van der Waals surface area contributed by atoms with Gasteiger partial charge in [0.25, 0.3) is 0 Å². The van der Waals surface area contributed by atoms with E-state index in [0.717, 1.165) is 0 Å². The van der Waals surface area contributed by atoms with Gasteiger partial charge in [0.05, 0.1) is 21.2 Å². The molecular weight excluding hydrogens is 328 g/mol. The summed E-state index contributed by atoms with van der Waals surface area (Å²) in [6.45, 7) is 0. The van der Waals surface area contributed by atoms with Gasteiger partial charge < -0.3 is 15.3 Å². The third kappa shape index (κ3) is 2.22. The fourth-order valence-corrected chi connectivity index (χ4v) is 3.44. The Bertz CT molecular complexity index is 1160. The Morgan fingerprint density at radius 1 is 1.17 bits per heavy atom. The summed E-state index contributed by atoms with van der Waals surface area (Å²) in [5.41, 5.74) is 7.43. The van der Waals surface area contributed by atoms with Crippen LogP contribution in [0.25, 0.3) is 32.5 Å². The number of nitrogens with zero attached hydrogens (tertiary/aromatic N) is 1. The van der Waals surface area contributed by atoms with Crippen LogP contribution in [0.5, 0.6) is 0 Å². The summed E-state index contributed by atoms with van der Waals surface area (Å²) in [5, 5.41) is 9.79. The zero-order valence-corrected chi connectivity index (χ0v) is 13.0. The number of nitrogens with two attached hydrogens (primary N) is 1. The van der Waals surface area contributed by atoms with Crippen molar-refractivity contribution >= 4 is 43.6 Å². The summed E-state index contributed by atoms with van der Waals surface area (Å²) in [5.74, 6) is -0.632. The molecule has 118 valence electrons. The van der Waals surface area contributed by atoms with E-state index in [1.807, 2.05) is 0 Å². The van der Waals surface area contributed by atoms with Crippen molar-refractivity contribution in [2.24, 2.45) is 0 Å². The number of carboxylic acid groups (broad SMARTS) is 1. The lowest BCUT2D eigenvalue weighted by molar-refractivity contribution is 0.0697. The van der Waals surface area contributed by atoms with Crippen LogP contribution < -0.4 is 11.2 Å². The minimum Gasteiger partial charge on any atom is -0.478 e. The Balaban J connectivity index is 1.93. The Morgan fingerprint density at radius 3 is 2.62 bits per heavy atom. The molecule has 0 bridgehead atoms. The molecule has 0 saturated carbocycles. The van der Waals surface area contributed by atoms with E-state index < -0.39 is 5.97 Å². The molecule has 2 heterocycles. The number of nitrogen functional groups attached to an aromatic ring is 1. The highest BCUT2D eigenvalue weighted by Crippen LogP contribution is 2.31. The summed E-state index contributed by atoms with van der Waals surface area (Å²) >= 11 is 1.24. The van der Waals surface area contributed by atoms with E-state index in [-0.39, 0.29) is 11.0 Å². The van der Waals surface area contributed by atoms with Crippen molar-refractivity contribution in [1.82, 2.24) is 4.98 Å². The predicted octanol–water partition coefficient (Wildman–Crippen LogP) is 3.35. The highest BCUT2D eigenvalue weighted by atomic mass is 32.1. The number of fused-ring (bicyclic) bond motifs is 3. The largest absolute Gasteiger partial charge is 0.478 e. The molecule has 0 atom stereocenters. The van der Waals surface area contributed by atoms with Gasteiger partial charge in [0.15, 0.2) is 10.6 Å². The third-order valence-corrected chi connectivity index (χ3v) is 4.60. The van der Waals surface area contributed by atoms with Crippen LogP contribution in [0.3, 0.4) is 0 Å². The monoisotopic (exact) mass is 338 g/mol. The molecule has 3 N–H and O–H groups in total. The van der Waals surface area contributed by atoms with Gasteiger partial charge in [-0.2, -0.15) is 0 Å². The van der Waals surface area contributed by atoms with Crippen LogP contribution in [-0.2, 0) is 0 Å². The van der Waals surface area contributed by atoms with E-state index in [0.29, 0.717) is 37.6 Å². The summed E-state index contributed by atoms with van der Waals surface area (Å²) in [6.07, 6.45) is 0. The second-order valence-corrected chi connectivity index (χ2v) is 6.23. The summed E-state index contributed by atoms with van der Waals surface area (Å²) < 4.78 is 6.54. The van der Waals surface area contributed by atoms with Gasteiger partial charge in [-0.1, -0.05) is 23.5 Å². The molecule has 4 aromatic rings. The summed E-state index contributed by atoms with van der Waals surface area (Å²) in [4.78, 5) is 27.6. The van der Waals surface area contributed by atoms with E-state index in [1.54, 1.807) is 24.3 Å². The molecule has 0 spiro atoms. The Labute approximate surface area is 138 Å². The van der Waals surface area contributed by atoms with Gasteiger partial charge in [0.2, 0.25) is 0 Å². The molecule has 0 saturated heterocycles. The number of aromatic nitrogens is 1. The van der Waals surface area contributed by atoms with E-state index >= 15 is 0 Å². The van der Waals surface area contributed by atoms with Gasteiger partial charge in [-0.3, -0.25) is 4.79 Å². The van der Waals surface area contributed by atoms with Crippen LogP contribution in [0.1, 0.15) is 10.4 Å². The lowest BCUT2D eigenvalue weighted by Crippen LogP contribution is -2.01. The molecule has 6 nitrogen and oxygen atoms in total. The molecule has 0 amide bonds. The number of carbonyl (C=O) groups is 1. The highest BCUT2D eigenvalue weighted by molar-refractivity contribution is 7.22. The van der Waals surface area contributed by atoms with Crippen molar-refractivity contribution in [3.63, 3.8) is 0 Å². The van der Waals surface area contributed by atoms with Crippen LogP contribution in [0.4, 0.5) is 5.13 Å². The number of benzene rings is 2. The molecule has 0 fully saturated rings. The Hall–Kier alpha value is -3.19. The van der Waals surface area contributed by atoms with Crippen LogP contribution in [-0.4, -0.2) is 16.1 Å². The first-order valence-corrected chi connectivity index (χ1v) is 7.81. The second kappa shape index (κ2) is 5.17. The molecule has 0 aliphatic rings. The molecule has 0 aliphatic heterocycles. The highest BCUT2D eigenvalue weighted by Gasteiger charge is 2.13. The van der Waals surface area contributed by atoms with Crippen LogP contribution in [0, 0.1) is 0 Å². The first-order valence-electron chi connectivity index (χ1n) is 6.99. The van der Waals surface area contributed by atoms with Crippen molar-refractivity contribution in [2.45, 2.75) is 0 Å². The number of thiazole rings is 1. The van der Waals surface area contributed by atoms with Gasteiger partial charge in [0.1, 0.15) is 11.3 Å². The van der Waals surface area contributed by atoms with Gasteiger partial charge >= 0.3 is 5.97 Å². The van der Waals surface area contributed by atoms with Gasteiger partial charge in [-0.25, -0.2) is 9.78 Å². The average molecular weight is 338 g/mol. The SMILES string of the molecule is Nc1nc2ccc3oc(-c4ccc(C(=O)O)cc4)cc(=O)c3c2s1. The number of carboxylic acids is 1. The van der Waals surface area contributed by atoms with E-state index in [4.69, 9.17) is 15.3 Å². The van der Waals surface area contributed by atoms with Crippen molar-refractivity contribution in [2.75, 3.05) is 5.73 Å². The number of rotatable bonds is 2. The number of hydrogen-bond donors (Lipinski definition) is 2. The summed E-state index contributed by atoms with van der Waals surface area (Å²) in [6, 6.07) is 11.0. The van der Waals surface area contributed by atoms with Crippen molar-refractivity contribution in [3.8, 4) is 11.3 Å². The predicted molar refractivity (Wildman–Crippen MR) is 92.5 cm³/mol. The maximum Gasteiger partial charge on any atom is 0.335 e. The molecule has 0 radical (unpaired) electrons. The Kier molecular flexibility index (Phi) is 3.10. The molecule has 2 aromatic carbocycles. The Morgan fingerprint density at radius 2 is 1.92 bits per heavy atom. The maximum absolute atomic E-state index is 12.6. The molecular formula is C17H10N2O4S. The van der Waals surface area contributed by atoms with Crippen LogP contribution in [0.15, 0.2) is 51.7 Å². The number of hydrogen-bond acceptors (Lipinski definition) is 6. The lowest BCUT2D eigenvalue weighted by atomic mass is 10.1. The fraction of sp³-hybridized carbons (Fsp3) is 0. The minimum atomic E-state index is -1.01. The van der Waals surface area contributed by atoms with Crippen LogP contribution in [0.2, 0.25) is 0 Å². The van der Waals surface area contributed by atoms with Gasteiger partial charge in [-0.05, 0) is 24.3 Å². The second-order valence-electron chi connectivity index (χ2n) is 5.20. The number of anilines is 1. The van der Waals surface area contributed by atoms with E-state index in [9.17, 15) is 9.59 Å². The maximum atomic E-state index is 12.6. The van der Waals surface area contributed by atoms with E-state index in [1.165, 1.54) is 29.5 Å². The van der Waals surface area contributed by atoms with Gasteiger partial charge in [0, 0.05) is 11.6 Å². The average Bonchev–Trinajstić information content (AvgIpc) is 2.94. The fourth-order valence-electron chi connectivity index (χ4n) is 2.57. The number of aromatic carboxylic acids is 1. The molecule has 24 heavy (non-hydrogen) atoms. The third-order valence-electron chi connectivity index (χ3n) is 3.68. The quantitative estimate of drug-likeness (QED) is 0.580. The zero-order chi connectivity index (χ0) is 16.8. The molecule has 2 aromatic heterocycles. The summed E-state index contributed by atoms with van der Waals surface area (Å²) in [7, 11) is 0. The molecule has 0 unspecified atom stereocenters. The first kappa shape index (κ1) is 14.4. The van der Waals surface area contributed by atoms with Crippen molar-refractivity contribution < 1.29 is 14.3 Å². The normalized spacial score (nSPS) is 11.2.